The molecule has 0 saturated heterocycles. The number of nitrogens with one attached hydrogen (secondary N) is 2. The molecule has 0 atom stereocenters. The predicted molar refractivity (Wildman–Crippen MR) is 119 cm³/mol. The number of aryl methyl sites for hydroxylation is 1. The number of rotatable bonds is 6. The monoisotopic (exact) mass is 418 g/mol. The van der Waals surface area contributed by atoms with Gasteiger partial charge in [0.25, 0.3) is 0 Å². The van der Waals surface area contributed by atoms with Crippen LogP contribution in [-0.2, 0) is 0 Å². The first kappa shape index (κ1) is 21.0. The number of carbonyl (C=O) groups is 2. The standard InChI is InChI=1S/C21H16N2O4.2Al.4H/c1-15-10-20(26-18-6-2-16(3-7-18)22-13-24)12-21(11-15)27-19-8-4-17(5-9-19)23-14-25;;;;;;/h2-12H,1H3,(H,22,24)(H,23,25);;;;;;. The fourth-order valence-corrected chi connectivity index (χ4v) is 3.30. The Morgan fingerprint density at radius 2 is 1.03 bits per heavy atom. The molecule has 0 aromatic heterocycles. The molecule has 0 radical (unpaired) electrons. The molecule has 0 aliphatic rings. The molecule has 0 unspecified atom stereocenters. The number of ether oxygens (including phenoxy) is 2. The van der Waals surface area contributed by atoms with Gasteiger partial charge in [0.2, 0.25) is 0 Å². The molecule has 29 heavy (non-hydrogen) atoms. The van der Waals surface area contributed by atoms with Crippen LogP contribution in [0.15, 0.2) is 66.7 Å². The fourth-order valence-electron chi connectivity index (χ4n) is 2.72. The molecule has 3 aromatic rings. The maximum absolute atomic E-state index is 11.2. The minimum absolute atomic E-state index is 0.0195. The van der Waals surface area contributed by atoms with Crippen molar-refractivity contribution < 1.29 is 19.1 Å². The first-order chi connectivity index (χ1) is 13.9. The molecular formula is C21H20Al2N2O4. The minimum atomic E-state index is 0.0195. The van der Waals surface area contributed by atoms with Crippen molar-refractivity contribution in [2.75, 3.05) is 10.6 Å². The fraction of sp³-hybridized carbons (Fsp3) is 0.0476. The lowest BCUT2D eigenvalue weighted by atomic mass is 10.2. The van der Waals surface area contributed by atoms with Crippen molar-refractivity contribution in [2.45, 2.75) is 6.92 Å². The molecular weight excluding hydrogens is 398 g/mol. The van der Waals surface area contributed by atoms with E-state index in [2.05, 4.69) is 10.6 Å². The summed E-state index contributed by atoms with van der Waals surface area (Å²) in [5, 5.41) is 5.56. The summed E-state index contributed by atoms with van der Waals surface area (Å²) >= 11 is 0.913. The van der Waals surface area contributed by atoms with Gasteiger partial charge in [-0.05, 0) is 73.2 Å². The molecule has 0 aliphatic carbocycles. The maximum atomic E-state index is 11.2. The molecule has 6 nitrogen and oxygen atoms in total. The number of carbonyl (C=O) groups excluding carboxylic acids is 2. The van der Waals surface area contributed by atoms with E-state index in [9.17, 15) is 9.59 Å². The highest BCUT2D eigenvalue weighted by Crippen LogP contribution is 2.31. The van der Waals surface area contributed by atoms with E-state index in [1.807, 2.05) is 25.1 Å². The van der Waals surface area contributed by atoms with Gasteiger partial charge in [-0.3, -0.25) is 9.59 Å². The Labute approximate surface area is 185 Å². The molecule has 0 spiro atoms. The molecule has 0 bridgehead atoms. The molecule has 2 N–H and O–H groups in total. The summed E-state index contributed by atoms with van der Waals surface area (Å²) < 4.78 is 11.9. The molecule has 8 heteroatoms. The molecule has 0 saturated carbocycles. The SMILES string of the molecule is Cc1cc(Oc2ccc(N[C](=O)[AlH2])cc2)cc(Oc2ccc(N[C](=O)[AlH2])cc2)c1. The van der Waals surface area contributed by atoms with Crippen LogP contribution in [0.4, 0.5) is 21.0 Å². The van der Waals surface area contributed by atoms with Crippen molar-refractivity contribution >= 4 is 53.5 Å². The third kappa shape index (κ3) is 6.67. The molecule has 0 fully saturated rings. The Morgan fingerprint density at radius 3 is 1.38 bits per heavy atom. The summed E-state index contributed by atoms with van der Waals surface area (Å²) in [5.74, 6) is 2.63. The van der Waals surface area contributed by atoms with Gasteiger partial charge in [-0.15, -0.1) is 0 Å². The largest absolute Gasteiger partial charge is 0.457 e. The number of amides is 2. The first-order valence-corrected chi connectivity index (χ1v) is 11.1. The van der Waals surface area contributed by atoms with Gasteiger partial charge < -0.3 is 20.1 Å². The third-order valence-electron chi connectivity index (χ3n) is 3.85. The third-order valence-corrected chi connectivity index (χ3v) is 4.35. The summed E-state index contributed by atoms with van der Waals surface area (Å²) in [7, 11) is 0. The number of hydrogen-bond donors (Lipinski definition) is 2. The second kappa shape index (κ2) is 9.65. The molecule has 0 heterocycles. The zero-order valence-corrected chi connectivity index (χ0v) is 20.5. The zero-order valence-electron chi connectivity index (χ0n) is 16.5. The van der Waals surface area contributed by atoms with Crippen LogP contribution in [0.1, 0.15) is 5.56 Å². The summed E-state index contributed by atoms with van der Waals surface area (Å²) in [6, 6.07) is 20.1. The summed E-state index contributed by atoms with van der Waals surface area (Å²) in [6.07, 6.45) is 0. The number of benzene rings is 3. The first-order valence-electron chi connectivity index (χ1n) is 9.10. The van der Waals surface area contributed by atoms with Crippen LogP contribution in [0, 0.1) is 6.92 Å². The van der Waals surface area contributed by atoms with Gasteiger partial charge in [0, 0.05) is 17.4 Å². The van der Waals surface area contributed by atoms with E-state index in [0.717, 1.165) is 16.9 Å². The van der Waals surface area contributed by atoms with Gasteiger partial charge >= 0.3 is 32.6 Å². The Hall–Kier alpha value is -2.74. The normalized spacial score (nSPS) is 10.1. The van der Waals surface area contributed by atoms with Crippen LogP contribution in [-0.4, -0.2) is 42.1 Å². The van der Waals surface area contributed by atoms with E-state index in [-0.39, 0.29) is 9.54 Å². The molecule has 3 rings (SSSR count). The molecule has 0 aliphatic heterocycles. The number of hydrogen-bond acceptors (Lipinski definition) is 4. The maximum Gasteiger partial charge on any atom is 0.355 e. The lowest BCUT2D eigenvalue weighted by molar-refractivity contribution is 0.268. The second-order valence-corrected chi connectivity index (χ2v) is 8.41. The lowest BCUT2D eigenvalue weighted by Crippen LogP contribution is -2.07. The molecule has 144 valence electrons. The van der Waals surface area contributed by atoms with Crippen LogP contribution in [0.3, 0.4) is 0 Å². The Bertz CT molecular complexity index is 942. The average Bonchev–Trinajstić information content (AvgIpc) is 2.64. The average molecular weight is 418 g/mol. The van der Waals surface area contributed by atoms with Gasteiger partial charge in [0.1, 0.15) is 32.5 Å². The Kier molecular flexibility index (Phi) is 6.98. The van der Waals surface area contributed by atoms with Crippen molar-refractivity contribution in [1.29, 1.82) is 0 Å². The molecule has 2 amide bonds. The van der Waals surface area contributed by atoms with Crippen LogP contribution >= 0.6 is 0 Å². The van der Waals surface area contributed by atoms with E-state index >= 15 is 0 Å². The highest BCUT2D eigenvalue weighted by atomic mass is 27.1. The smallest absolute Gasteiger partial charge is 0.355 e. The van der Waals surface area contributed by atoms with E-state index in [1.54, 1.807) is 48.5 Å². The van der Waals surface area contributed by atoms with Crippen molar-refractivity contribution in [2.24, 2.45) is 0 Å². The predicted octanol–water partition coefficient (Wildman–Crippen LogP) is 3.91. The van der Waals surface area contributed by atoms with Gasteiger partial charge in [-0.1, -0.05) is 0 Å². The van der Waals surface area contributed by atoms with Gasteiger partial charge in [-0.2, -0.15) is 0 Å². The summed E-state index contributed by atoms with van der Waals surface area (Å²) in [6.45, 7) is 1.97. The van der Waals surface area contributed by atoms with E-state index in [4.69, 9.17) is 9.47 Å². The van der Waals surface area contributed by atoms with E-state index < -0.39 is 0 Å². The van der Waals surface area contributed by atoms with Crippen molar-refractivity contribution in [3.8, 4) is 23.0 Å². The second-order valence-electron chi connectivity index (χ2n) is 6.60. The van der Waals surface area contributed by atoms with Crippen LogP contribution < -0.4 is 20.1 Å². The zero-order chi connectivity index (χ0) is 20.8. The van der Waals surface area contributed by atoms with Crippen molar-refractivity contribution in [3.63, 3.8) is 0 Å². The highest BCUT2D eigenvalue weighted by molar-refractivity contribution is 6.60. The van der Waals surface area contributed by atoms with Gasteiger partial charge in [0.05, 0.1) is 0 Å². The quantitative estimate of drug-likeness (QED) is 0.595. The summed E-state index contributed by atoms with van der Waals surface area (Å²) in [5.41, 5.74) is 2.49. The Morgan fingerprint density at radius 1 is 0.655 bits per heavy atom. The van der Waals surface area contributed by atoms with Crippen molar-refractivity contribution in [3.05, 3.63) is 72.3 Å². The lowest BCUT2D eigenvalue weighted by Gasteiger charge is -2.12. The van der Waals surface area contributed by atoms with E-state index in [1.165, 1.54) is 0 Å². The number of anilines is 2. The molecule has 3 aromatic carbocycles. The van der Waals surface area contributed by atoms with Gasteiger partial charge in [-0.25, -0.2) is 0 Å². The summed E-state index contributed by atoms with van der Waals surface area (Å²) in [4.78, 5) is 22.3. The van der Waals surface area contributed by atoms with Crippen LogP contribution in [0.25, 0.3) is 0 Å². The topological polar surface area (TPSA) is 76.7 Å². The van der Waals surface area contributed by atoms with E-state index in [0.29, 0.717) is 55.6 Å². The highest BCUT2D eigenvalue weighted by Gasteiger charge is 2.05. The van der Waals surface area contributed by atoms with Gasteiger partial charge in [0.15, 0.2) is 0 Å². The van der Waals surface area contributed by atoms with Crippen LogP contribution in [0.2, 0.25) is 0 Å². The Balaban J connectivity index is 1.71. The van der Waals surface area contributed by atoms with Crippen LogP contribution in [0.5, 0.6) is 23.0 Å². The van der Waals surface area contributed by atoms with Crippen molar-refractivity contribution in [1.82, 2.24) is 0 Å². The minimum Gasteiger partial charge on any atom is -0.457 e.